The summed E-state index contributed by atoms with van der Waals surface area (Å²) in [6, 6.07) is 15.4. The van der Waals surface area contributed by atoms with Crippen LogP contribution in [0.5, 0.6) is 0 Å². The molecule has 1 spiro atoms. The van der Waals surface area contributed by atoms with Crippen molar-refractivity contribution in [1.29, 1.82) is 0 Å². The molecule has 0 saturated heterocycles. The number of rotatable bonds is 3. The van der Waals surface area contributed by atoms with E-state index < -0.39 is 23.2 Å². The first-order valence-electron chi connectivity index (χ1n) is 10.5. The second-order valence-electron chi connectivity index (χ2n) is 8.39. The van der Waals surface area contributed by atoms with Crippen LogP contribution >= 0.6 is 15.9 Å². The lowest BCUT2D eigenvalue weighted by molar-refractivity contribution is -0.156. The molecule has 4 atom stereocenters. The molecule has 0 aromatic heterocycles. The fourth-order valence-electron chi connectivity index (χ4n) is 5.88. The number of hydrogen-bond acceptors (Lipinski definition) is 4. The third-order valence-electron chi connectivity index (χ3n) is 7.02. The Hall–Kier alpha value is -2.73. The molecule has 5 rings (SSSR count). The van der Waals surface area contributed by atoms with Crippen LogP contribution in [-0.2, 0) is 24.5 Å². The lowest BCUT2D eigenvalue weighted by Gasteiger charge is -2.39. The second kappa shape index (κ2) is 7.16. The predicted octanol–water partition coefficient (Wildman–Crippen LogP) is 4.15. The molecule has 0 N–H and O–H groups in total. The van der Waals surface area contributed by atoms with Crippen LogP contribution in [0.2, 0.25) is 0 Å². The Morgan fingerprint density at radius 2 is 1.97 bits per heavy atom. The van der Waals surface area contributed by atoms with Crippen LogP contribution in [0.25, 0.3) is 6.08 Å². The van der Waals surface area contributed by atoms with E-state index in [4.69, 9.17) is 4.74 Å². The van der Waals surface area contributed by atoms with Crippen LogP contribution in [0.3, 0.4) is 0 Å². The van der Waals surface area contributed by atoms with E-state index in [1.165, 1.54) is 0 Å². The lowest BCUT2D eigenvalue weighted by Crippen LogP contribution is -2.54. The standard InChI is InChI=1S/C25H22BrNO4/c1-3-31-23(29)21-17-13-19(16(22(17)28)11-14-7-5-4-6-8-14)25(21)18-10-9-15(26)12-20(18)27(2)24(25)30/h4-12,17,19,21H,3,13H2,1-2H3/b16-11+/t17-,19-,21-,25+/m0/s1. The molecule has 1 amide bonds. The Morgan fingerprint density at radius 3 is 2.68 bits per heavy atom. The minimum atomic E-state index is -1.11. The van der Waals surface area contributed by atoms with Crippen molar-refractivity contribution < 1.29 is 19.1 Å². The van der Waals surface area contributed by atoms with Crippen molar-refractivity contribution in [3.8, 4) is 0 Å². The van der Waals surface area contributed by atoms with Crippen molar-refractivity contribution in [3.05, 3.63) is 69.7 Å². The number of hydrogen-bond donors (Lipinski definition) is 0. The fourth-order valence-corrected chi connectivity index (χ4v) is 6.23. The van der Waals surface area contributed by atoms with Crippen molar-refractivity contribution in [1.82, 2.24) is 0 Å². The van der Waals surface area contributed by atoms with Gasteiger partial charge in [0.2, 0.25) is 5.91 Å². The summed E-state index contributed by atoms with van der Waals surface area (Å²) in [5, 5.41) is 0. The molecule has 0 unspecified atom stereocenters. The Labute approximate surface area is 189 Å². The highest BCUT2D eigenvalue weighted by molar-refractivity contribution is 9.10. The summed E-state index contributed by atoms with van der Waals surface area (Å²) < 4.78 is 6.26. The Balaban J connectivity index is 1.74. The van der Waals surface area contributed by atoms with E-state index in [1.54, 1.807) is 18.9 Å². The first-order valence-corrected chi connectivity index (χ1v) is 11.3. The molecular weight excluding hydrogens is 458 g/mol. The molecule has 2 bridgehead atoms. The first kappa shape index (κ1) is 20.2. The molecule has 0 radical (unpaired) electrons. The van der Waals surface area contributed by atoms with Gasteiger partial charge >= 0.3 is 5.97 Å². The zero-order chi connectivity index (χ0) is 21.9. The number of ketones is 1. The number of halogens is 1. The normalized spacial score (nSPS) is 29.8. The van der Waals surface area contributed by atoms with Gasteiger partial charge in [-0.3, -0.25) is 14.4 Å². The number of ether oxygens (including phenoxy) is 1. The molecule has 2 saturated carbocycles. The number of allylic oxidation sites excluding steroid dienone is 1. The number of Topliss-reactive ketones (excluding diaryl/α,β-unsaturated/α-hetero) is 1. The van der Waals surface area contributed by atoms with Crippen LogP contribution < -0.4 is 4.90 Å². The summed E-state index contributed by atoms with van der Waals surface area (Å²) in [7, 11) is 1.74. The molecule has 3 aliphatic rings. The largest absolute Gasteiger partial charge is 0.466 e. The number of likely N-dealkylation sites (N-methyl/N-ethyl adjacent to an activating group) is 1. The van der Waals surface area contributed by atoms with Crippen molar-refractivity contribution in [3.63, 3.8) is 0 Å². The number of anilines is 1. The second-order valence-corrected chi connectivity index (χ2v) is 9.31. The van der Waals surface area contributed by atoms with Gasteiger partial charge < -0.3 is 9.64 Å². The summed E-state index contributed by atoms with van der Waals surface area (Å²) in [4.78, 5) is 42.0. The summed E-state index contributed by atoms with van der Waals surface area (Å²) in [5.41, 5.74) is 2.01. The number of esters is 1. The first-order chi connectivity index (χ1) is 14.9. The third kappa shape index (κ3) is 2.64. The molecule has 2 aliphatic carbocycles. The highest BCUT2D eigenvalue weighted by atomic mass is 79.9. The highest BCUT2D eigenvalue weighted by Gasteiger charge is 2.73. The highest BCUT2D eigenvalue weighted by Crippen LogP contribution is 2.66. The van der Waals surface area contributed by atoms with Gasteiger partial charge in [0.05, 0.1) is 17.9 Å². The number of carbonyl (C=O) groups excluding carboxylic acids is 3. The molecule has 1 aliphatic heterocycles. The van der Waals surface area contributed by atoms with Gasteiger partial charge in [-0.1, -0.05) is 52.3 Å². The van der Waals surface area contributed by atoms with Crippen LogP contribution in [0.4, 0.5) is 5.69 Å². The smallest absolute Gasteiger partial charge is 0.311 e. The number of fused-ring (bicyclic) bond motifs is 5. The molecule has 31 heavy (non-hydrogen) atoms. The van der Waals surface area contributed by atoms with Crippen molar-refractivity contribution in [2.24, 2.45) is 17.8 Å². The van der Waals surface area contributed by atoms with E-state index in [2.05, 4.69) is 15.9 Å². The van der Waals surface area contributed by atoms with Crippen LogP contribution in [0.15, 0.2) is 58.6 Å². The zero-order valence-electron chi connectivity index (χ0n) is 17.3. The maximum Gasteiger partial charge on any atom is 0.311 e. The van der Waals surface area contributed by atoms with E-state index >= 15 is 0 Å². The van der Waals surface area contributed by atoms with E-state index in [-0.39, 0.29) is 24.2 Å². The fraction of sp³-hybridized carbons (Fsp3) is 0.320. The SMILES string of the molecule is CCOC(=O)[C@@H]1[C@@H]2C[C@@H](/C(=C\c3ccccc3)C2=O)[C@@]12C(=O)N(C)c1cc(Br)ccc12. The molecule has 6 heteroatoms. The number of benzene rings is 2. The van der Waals surface area contributed by atoms with E-state index in [0.717, 1.165) is 21.3 Å². The molecule has 1 heterocycles. The van der Waals surface area contributed by atoms with Crippen LogP contribution in [0.1, 0.15) is 24.5 Å². The number of amides is 1. The van der Waals surface area contributed by atoms with E-state index in [9.17, 15) is 14.4 Å². The summed E-state index contributed by atoms with van der Waals surface area (Å²) in [6.07, 6.45) is 2.37. The van der Waals surface area contributed by atoms with Crippen molar-refractivity contribution in [2.75, 3.05) is 18.6 Å². The van der Waals surface area contributed by atoms with E-state index in [1.807, 2.05) is 54.6 Å². The van der Waals surface area contributed by atoms with Gasteiger partial charge in [-0.15, -0.1) is 0 Å². The van der Waals surface area contributed by atoms with Gasteiger partial charge in [0.25, 0.3) is 0 Å². The van der Waals surface area contributed by atoms with Gasteiger partial charge in [-0.25, -0.2) is 0 Å². The minimum absolute atomic E-state index is 0.0430. The van der Waals surface area contributed by atoms with Gasteiger partial charge in [0.1, 0.15) is 0 Å². The average molecular weight is 480 g/mol. The lowest BCUT2D eigenvalue weighted by atomic mass is 9.60. The molecule has 2 aromatic carbocycles. The number of carbonyl (C=O) groups is 3. The molecule has 2 aromatic rings. The topological polar surface area (TPSA) is 63.7 Å². The third-order valence-corrected chi connectivity index (χ3v) is 7.51. The molecular formula is C25H22BrNO4. The van der Waals surface area contributed by atoms with Gasteiger partial charge in [0, 0.05) is 34.6 Å². The Bertz CT molecular complexity index is 1140. The van der Waals surface area contributed by atoms with Gasteiger partial charge in [-0.2, -0.15) is 0 Å². The van der Waals surface area contributed by atoms with Crippen molar-refractivity contribution >= 4 is 45.4 Å². The van der Waals surface area contributed by atoms with Gasteiger partial charge in [0.15, 0.2) is 5.78 Å². The van der Waals surface area contributed by atoms with Crippen LogP contribution in [0, 0.1) is 17.8 Å². The maximum absolute atomic E-state index is 13.9. The Kier molecular flexibility index (Phi) is 4.66. The minimum Gasteiger partial charge on any atom is -0.466 e. The Morgan fingerprint density at radius 1 is 1.23 bits per heavy atom. The summed E-state index contributed by atoms with van der Waals surface area (Å²) in [5.74, 6) is -2.37. The summed E-state index contributed by atoms with van der Waals surface area (Å²) >= 11 is 3.49. The summed E-state index contributed by atoms with van der Waals surface area (Å²) in [6.45, 7) is 1.95. The molecule has 158 valence electrons. The molecule has 5 nitrogen and oxygen atoms in total. The quantitative estimate of drug-likeness (QED) is 0.490. The zero-order valence-corrected chi connectivity index (χ0v) is 18.9. The van der Waals surface area contributed by atoms with Gasteiger partial charge in [-0.05, 0) is 42.7 Å². The van der Waals surface area contributed by atoms with E-state index in [0.29, 0.717) is 12.0 Å². The average Bonchev–Trinajstić information content (AvgIpc) is 3.34. The predicted molar refractivity (Wildman–Crippen MR) is 120 cm³/mol. The van der Waals surface area contributed by atoms with Crippen LogP contribution in [-0.4, -0.2) is 31.3 Å². The monoisotopic (exact) mass is 479 g/mol. The molecule has 2 fully saturated rings. The maximum atomic E-state index is 13.9. The number of nitrogens with zero attached hydrogens (tertiary/aromatic N) is 1. The van der Waals surface area contributed by atoms with Crippen molar-refractivity contribution in [2.45, 2.75) is 18.8 Å².